The van der Waals surface area contributed by atoms with Crippen molar-refractivity contribution in [2.75, 3.05) is 0 Å². The molecule has 25 heavy (non-hydrogen) atoms. The highest BCUT2D eigenvalue weighted by molar-refractivity contribution is 5.99. The van der Waals surface area contributed by atoms with Crippen LogP contribution in [-0.4, -0.2) is 29.0 Å². The molecule has 136 valence electrons. The van der Waals surface area contributed by atoms with E-state index in [2.05, 4.69) is 5.32 Å². The molecule has 0 bridgehead atoms. The van der Waals surface area contributed by atoms with E-state index in [1.165, 1.54) is 0 Å². The molecule has 0 aromatic heterocycles. The zero-order valence-corrected chi connectivity index (χ0v) is 14.3. The Bertz CT molecular complexity index is 579. The van der Waals surface area contributed by atoms with Gasteiger partial charge in [-0.1, -0.05) is 56.0 Å². The molecule has 2 rings (SSSR count). The third kappa shape index (κ3) is 6.57. The normalized spacial score (nSPS) is 16.5. The molecule has 0 heterocycles. The van der Waals surface area contributed by atoms with Crippen molar-refractivity contribution < 1.29 is 24.2 Å². The number of ether oxygens (including phenoxy) is 1. The number of hydrogen-bond acceptors (Lipinski definition) is 4. The summed E-state index contributed by atoms with van der Waals surface area (Å²) in [5.74, 6) is -1.67. The first-order valence-corrected chi connectivity index (χ1v) is 8.78. The lowest BCUT2D eigenvalue weighted by molar-refractivity contribution is -0.141. The fourth-order valence-corrected chi connectivity index (χ4v) is 3.26. The van der Waals surface area contributed by atoms with Crippen LogP contribution in [0.4, 0.5) is 4.79 Å². The maximum Gasteiger partial charge on any atom is 0.408 e. The van der Waals surface area contributed by atoms with Crippen LogP contribution in [-0.2, 0) is 20.9 Å². The predicted molar refractivity (Wildman–Crippen MR) is 92.0 cm³/mol. The van der Waals surface area contributed by atoms with E-state index in [9.17, 15) is 14.4 Å². The summed E-state index contributed by atoms with van der Waals surface area (Å²) < 4.78 is 5.19. The van der Waals surface area contributed by atoms with Crippen molar-refractivity contribution in [1.82, 2.24) is 5.32 Å². The van der Waals surface area contributed by atoms with Crippen molar-refractivity contribution >= 4 is 17.8 Å². The average Bonchev–Trinajstić information content (AvgIpc) is 2.87. The Hall–Kier alpha value is -2.37. The van der Waals surface area contributed by atoms with Gasteiger partial charge in [0.15, 0.2) is 5.78 Å². The molecular weight excluding hydrogens is 322 g/mol. The molecule has 0 saturated heterocycles. The smallest absolute Gasteiger partial charge is 0.408 e. The second-order valence-corrected chi connectivity index (χ2v) is 6.47. The predicted octanol–water partition coefficient (Wildman–Crippen LogP) is 3.30. The van der Waals surface area contributed by atoms with Crippen LogP contribution >= 0.6 is 0 Å². The Morgan fingerprint density at radius 1 is 1.08 bits per heavy atom. The lowest BCUT2D eigenvalue weighted by atomic mass is 9.88. The maximum atomic E-state index is 12.3. The van der Waals surface area contributed by atoms with E-state index in [0.717, 1.165) is 44.1 Å². The largest absolute Gasteiger partial charge is 0.481 e. The van der Waals surface area contributed by atoms with Gasteiger partial charge in [0.1, 0.15) is 13.0 Å². The minimum absolute atomic E-state index is 0.0291. The van der Waals surface area contributed by atoms with Gasteiger partial charge in [0.25, 0.3) is 0 Å². The van der Waals surface area contributed by atoms with Crippen molar-refractivity contribution in [3.63, 3.8) is 0 Å². The number of hydrogen-bond donors (Lipinski definition) is 2. The molecule has 1 aliphatic carbocycles. The van der Waals surface area contributed by atoms with Gasteiger partial charge in [0.05, 0.1) is 6.04 Å². The van der Waals surface area contributed by atoms with Gasteiger partial charge >= 0.3 is 12.1 Å². The summed E-state index contributed by atoms with van der Waals surface area (Å²) in [6.07, 6.45) is 4.55. The number of carboxylic acids is 1. The highest BCUT2D eigenvalue weighted by Crippen LogP contribution is 2.26. The fraction of sp³-hybridized carbons (Fsp3) is 0.526. The fourth-order valence-electron chi connectivity index (χ4n) is 3.26. The minimum Gasteiger partial charge on any atom is -0.481 e. The number of alkyl carbamates (subject to hydrolysis) is 1. The number of amides is 1. The Morgan fingerprint density at radius 3 is 2.32 bits per heavy atom. The van der Waals surface area contributed by atoms with E-state index in [-0.39, 0.29) is 12.5 Å². The van der Waals surface area contributed by atoms with Crippen LogP contribution in [0, 0.1) is 5.92 Å². The van der Waals surface area contributed by atoms with Crippen LogP contribution in [0.2, 0.25) is 0 Å². The first-order chi connectivity index (χ1) is 12.1. The molecule has 1 saturated carbocycles. The summed E-state index contributed by atoms with van der Waals surface area (Å²) >= 11 is 0. The number of Topliss-reactive ketones (excluding diaryl/α,β-unsaturated/α-hetero) is 1. The molecule has 2 N–H and O–H groups in total. The molecule has 1 aliphatic rings. The summed E-state index contributed by atoms with van der Waals surface area (Å²) in [6, 6.07) is 8.45. The molecule has 1 aromatic carbocycles. The lowest BCUT2D eigenvalue weighted by Gasteiger charge is -2.25. The highest BCUT2D eigenvalue weighted by Gasteiger charge is 2.31. The molecule has 1 fully saturated rings. The van der Waals surface area contributed by atoms with Crippen LogP contribution in [0.25, 0.3) is 0 Å². The Kier molecular flexibility index (Phi) is 7.44. The Balaban J connectivity index is 1.97. The number of carbonyl (C=O) groups is 3. The SMILES string of the molecule is O=C(O)CC(=O)[C@@H](NC(=O)OCc1ccccc1)C1CCCCCC1. The van der Waals surface area contributed by atoms with Crippen molar-refractivity contribution in [3.05, 3.63) is 35.9 Å². The average molecular weight is 347 g/mol. The zero-order chi connectivity index (χ0) is 18.1. The number of carbonyl (C=O) groups excluding carboxylic acids is 2. The molecule has 0 aliphatic heterocycles. The first kappa shape index (κ1) is 19.0. The Morgan fingerprint density at radius 2 is 1.72 bits per heavy atom. The van der Waals surface area contributed by atoms with Crippen LogP contribution in [0.5, 0.6) is 0 Å². The summed E-state index contributed by atoms with van der Waals surface area (Å²) in [5, 5.41) is 11.5. The van der Waals surface area contributed by atoms with E-state index in [1.807, 2.05) is 30.3 Å². The number of benzene rings is 1. The molecule has 0 radical (unpaired) electrons. The van der Waals surface area contributed by atoms with Gasteiger partial charge in [0, 0.05) is 0 Å². The third-order valence-corrected chi connectivity index (χ3v) is 4.53. The number of nitrogens with one attached hydrogen (secondary N) is 1. The van der Waals surface area contributed by atoms with Gasteiger partial charge < -0.3 is 15.2 Å². The van der Waals surface area contributed by atoms with Gasteiger partial charge in [-0.3, -0.25) is 9.59 Å². The number of rotatable bonds is 7. The van der Waals surface area contributed by atoms with Gasteiger partial charge in [-0.2, -0.15) is 0 Å². The molecule has 1 aromatic rings. The van der Waals surface area contributed by atoms with Crippen molar-refractivity contribution in [2.24, 2.45) is 5.92 Å². The monoisotopic (exact) mass is 347 g/mol. The lowest BCUT2D eigenvalue weighted by Crippen LogP contribution is -2.46. The topological polar surface area (TPSA) is 92.7 Å². The van der Waals surface area contributed by atoms with E-state index in [0.29, 0.717) is 0 Å². The van der Waals surface area contributed by atoms with Crippen molar-refractivity contribution in [1.29, 1.82) is 0 Å². The van der Waals surface area contributed by atoms with Crippen LogP contribution < -0.4 is 5.32 Å². The minimum atomic E-state index is -1.18. The molecule has 0 unspecified atom stereocenters. The standard InChI is InChI=1S/C19H25NO5/c21-16(12-17(22)23)18(15-10-6-1-2-7-11-15)20-19(24)25-13-14-8-4-3-5-9-14/h3-5,8-9,15,18H,1-2,6-7,10-13H2,(H,20,24)(H,22,23)/t18-/m0/s1. The first-order valence-electron chi connectivity index (χ1n) is 8.78. The van der Waals surface area contributed by atoms with Crippen LogP contribution in [0.3, 0.4) is 0 Å². The molecule has 6 heteroatoms. The third-order valence-electron chi connectivity index (χ3n) is 4.53. The van der Waals surface area contributed by atoms with Gasteiger partial charge in [0.2, 0.25) is 0 Å². The summed E-state index contributed by atoms with van der Waals surface area (Å²) in [4.78, 5) is 35.3. The molecule has 1 atom stereocenters. The quantitative estimate of drug-likeness (QED) is 0.583. The Labute approximate surface area is 147 Å². The number of carboxylic acid groups (broad SMARTS) is 1. The van der Waals surface area contributed by atoms with E-state index >= 15 is 0 Å². The van der Waals surface area contributed by atoms with E-state index < -0.39 is 30.3 Å². The number of aliphatic carboxylic acids is 1. The van der Waals surface area contributed by atoms with Crippen molar-refractivity contribution in [3.8, 4) is 0 Å². The highest BCUT2D eigenvalue weighted by atomic mass is 16.5. The zero-order valence-electron chi connectivity index (χ0n) is 14.3. The van der Waals surface area contributed by atoms with E-state index in [4.69, 9.17) is 9.84 Å². The molecular formula is C19H25NO5. The maximum absolute atomic E-state index is 12.3. The number of ketones is 1. The second kappa shape index (κ2) is 9.81. The summed E-state index contributed by atoms with van der Waals surface area (Å²) in [6.45, 7) is 0.108. The molecule has 0 spiro atoms. The van der Waals surface area contributed by atoms with Crippen LogP contribution in [0.1, 0.15) is 50.5 Å². The van der Waals surface area contributed by atoms with Crippen LogP contribution in [0.15, 0.2) is 30.3 Å². The van der Waals surface area contributed by atoms with E-state index in [1.54, 1.807) is 0 Å². The van der Waals surface area contributed by atoms with Gasteiger partial charge in [-0.15, -0.1) is 0 Å². The molecule has 6 nitrogen and oxygen atoms in total. The van der Waals surface area contributed by atoms with Crippen molar-refractivity contribution in [2.45, 2.75) is 57.6 Å². The van der Waals surface area contributed by atoms with Gasteiger partial charge in [-0.05, 0) is 24.3 Å². The summed E-state index contributed by atoms with van der Waals surface area (Å²) in [5.41, 5.74) is 0.848. The second-order valence-electron chi connectivity index (χ2n) is 6.47. The van der Waals surface area contributed by atoms with Gasteiger partial charge in [-0.25, -0.2) is 4.79 Å². The summed E-state index contributed by atoms with van der Waals surface area (Å²) in [7, 11) is 0. The molecule has 1 amide bonds.